The molecule has 5 rings (SSSR count). The molecule has 1 aliphatic rings. The van der Waals surface area contributed by atoms with Crippen LogP contribution in [0.3, 0.4) is 0 Å². The second-order valence-corrected chi connectivity index (χ2v) is 10.9. The van der Waals surface area contributed by atoms with Gasteiger partial charge >= 0.3 is 0 Å². The highest BCUT2D eigenvalue weighted by Crippen LogP contribution is 2.25. The molecule has 0 saturated carbocycles. The number of carbonyl (C=O) groups excluding carboxylic acids is 3. The Kier molecular flexibility index (Phi) is 7.27. The molecule has 3 aromatic carbocycles. The first-order valence-corrected chi connectivity index (χ1v) is 14.0. The zero-order valence-corrected chi connectivity index (χ0v) is 21.7. The molecule has 1 aromatic heterocycles. The van der Waals surface area contributed by atoms with E-state index in [9.17, 15) is 22.8 Å². The second kappa shape index (κ2) is 10.8. The molecule has 0 unspecified atom stereocenters. The van der Waals surface area contributed by atoms with Crippen molar-refractivity contribution in [2.24, 2.45) is 0 Å². The van der Waals surface area contributed by atoms with Gasteiger partial charge in [0.05, 0.1) is 11.7 Å². The molecule has 0 spiro atoms. The van der Waals surface area contributed by atoms with E-state index in [1.807, 2.05) is 30.3 Å². The number of benzene rings is 3. The lowest BCUT2D eigenvalue weighted by Crippen LogP contribution is -2.57. The van der Waals surface area contributed by atoms with Gasteiger partial charge in [-0.15, -0.1) is 0 Å². The first-order chi connectivity index (χ1) is 18.3. The van der Waals surface area contributed by atoms with Crippen molar-refractivity contribution in [2.75, 3.05) is 19.6 Å². The number of aromatic nitrogens is 2. The van der Waals surface area contributed by atoms with Crippen molar-refractivity contribution in [3.05, 3.63) is 90.0 Å². The Morgan fingerprint density at radius 1 is 0.895 bits per heavy atom. The SMILES string of the molecule is O=C([C@@H](NS(=O)(=O)c1cccc2nsnc12)c1ccccc1)N1CC(=O)N(CCc2ccccc2)C(=O)C1. The number of hydrogen-bond donors (Lipinski definition) is 1. The van der Waals surface area contributed by atoms with Crippen molar-refractivity contribution >= 4 is 50.5 Å². The molecule has 0 radical (unpaired) electrons. The van der Waals surface area contributed by atoms with Gasteiger partial charge in [-0.3, -0.25) is 19.3 Å². The van der Waals surface area contributed by atoms with Gasteiger partial charge < -0.3 is 4.90 Å². The number of imide groups is 1. The van der Waals surface area contributed by atoms with Crippen LogP contribution >= 0.6 is 11.7 Å². The molecular formula is C26H23N5O5S2. The Balaban J connectivity index is 1.37. The molecule has 2 heterocycles. The molecule has 0 bridgehead atoms. The van der Waals surface area contributed by atoms with E-state index in [2.05, 4.69) is 13.5 Å². The summed E-state index contributed by atoms with van der Waals surface area (Å²) in [6, 6.07) is 21.0. The highest BCUT2D eigenvalue weighted by Gasteiger charge is 2.38. The summed E-state index contributed by atoms with van der Waals surface area (Å²) < 4.78 is 37.5. The van der Waals surface area contributed by atoms with Crippen LogP contribution in [0.1, 0.15) is 17.2 Å². The number of rotatable bonds is 8. The topological polar surface area (TPSA) is 130 Å². The number of piperazine rings is 1. The van der Waals surface area contributed by atoms with Gasteiger partial charge in [0.15, 0.2) is 0 Å². The standard InChI is InChI=1S/C26H23N5O5S2/c32-22-16-30(17-23(33)31(22)15-14-18-8-3-1-4-9-18)26(34)24(19-10-5-2-6-11-19)29-38(35,36)21-13-7-12-20-25(21)28-37-27-20/h1-13,24,29H,14-17H2/t24-/m0/s1. The lowest BCUT2D eigenvalue weighted by molar-refractivity contribution is -0.157. The maximum Gasteiger partial charge on any atom is 0.248 e. The number of nitrogens with one attached hydrogen (secondary N) is 1. The van der Waals surface area contributed by atoms with Gasteiger partial charge in [-0.1, -0.05) is 66.7 Å². The monoisotopic (exact) mass is 549 g/mol. The summed E-state index contributed by atoms with van der Waals surface area (Å²) in [5.41, 5.74) is 1.97. The van der Waals surface area contributed by atoms with Gasteiger partial charge in [0, 0.05) is 6.54 Å². The van der Waals surface area contributed by atoms with Crippen molar-refractivity contribution in [3.63, 3.8) is 0 Å². The molecule has 3 amide bonds. The highest BCUT2D eigenvalue weighted by molar-refractivity contribution is 7.89. The highest BCUT2D eigenvalue weighted by atomic mass is 32.2. The van der Waals surface area contributed by atoms with Crippen molar-refractivity contribution in [2.45, 2.75) is 17.4 Å². The summed E-state index contributed by atoms with van der Waals surface area (Å²) >= 11 is 0.884. The Morgan fingerprint density at radius 2 is 1.55 bits per heavy atom. The minimum Gasteiger partial charge on any atom is -0.322 e. The molecule has 1 saturated heterocycles. The Bertz CT molecular complexity index is 1570. The minimum atomic E-state index is -4.24. The molecule has 1 fully saturated rings. The number of hydrogen-bond acceptors (Lipinski definition) is 8. The summed E-state index contributed by atoms with van der Waals surface area (Å²) in [5.74, 6) is -1.73. The maximum atomic E-state index is 13.6. The van der Waals surface area contributed by atoms with Crippen molar-refractivity contribution < 1.29 is 22.8 Å². The third-order valence-corrected chi connectivity index (χ3v) is 8.22. The van der Waals surface area contributed by atoms with E-state index < -0.39 is 33.8 Å². The average Bonchev–Trinajstić information content (AvgIpc) is 3.41. The van der Waals surface area contributed by atoms with Gasteiger partial charge in [0.2, 0.25) is 27.7 Å². The van der Waals surface area contributed by atoms with Gasteiger partial charge in [-0.05, 0) is 29.7 Å². The average molecular weight is 550 g/mol. The first kappa shape index (κ1) is 25.6. The van der Waals surface area contributed by atoms with Gasteiger partial charge in [0.1, 0.15) is 35.1 Å². The quantitative estimate of drug-likeness (QED) is 0.333. The Morgan fingerprint density at radius 3 is 2.24 bits per heavy atom. The molecule has 10 nitrogen and oxygen atoms in total. The van der Waals surface area contributed by atoms with E-state index in [0.717, 1.165) is 27.1 Å². The van der Waals surface area contributed by atoms with E-state index in [-0.39, 0.29) is 30.0 Å². The largest absolute Gasteiger partial charge is 0.322 e. The molecule has 1 atom stereocenters. The van der Waals surface area contributed by atoms with E-state index >= 15 is 0 Å². The van der Waals surface area contributed by atoms with Crippen LogP contribution < -0.4 is 4.72 Å². The lowest BCUT2D eigenvalue weighted by atomic mass is 10.1. The zero-order chi connectivity index (χ0) is 26.7. The fourth-order valence-corrected chi connectivity index (χ4v) is 6.23. The zero-order valence-electron chi connectivity index (χ0n) is 20.1. The van der Waals surface area contributed by atoms with E-state index in [1.54, 1.807) is 42.5 Å². The summed E-state index contributed by atoms with van der Waals surface area (Å²) in [6.45, 7) is -0.476. The van der Waals surface area contributed by atoms with E-state index in [0.29, 0.717) is 17.5 Å². The maximum absolute atomic E-state index is 13.6. The Hall–Kier alpha value is -4.00. The van der Waals surface area contributed by atoms with E-state index in [1.165, 1.54) is 6.07 Å². The molecule has 4 aromatic rings. The third kappa shape index (κ3) is 5.32. The van der Waals surface area contributed by atoms with Crippen LogP contribution in [0.25, 0.3) is 11.0 Å². The normalized spacial score (nSPS) is 15.2. The summed E-state index contributed by atoms with van der Waals surface area (Å²) in [4.78, 5) is 41.5. The van der Waals surface area contributed by atoms with Gasteiger partial charge in [-0.25, -0.2) is 8.42 Å². The first-order valence-electron chi connectivity index (χ1n) is 11.8. The molecule has 0 aliphatic carbocycles. The third-order valence-electron chi connectivity index (χ3n) is 6.22. The molecule has 38 heavy (non-hydrogen) atoms. The van der Waals surface area contributed by atoms with Gasteiger partial charge in [-0.2, -0.15) is 13.5 Å². The van der Waals surface area contributed by atoms with Crippen LogP contribution in [0.15, 0.2) is 83.8 Å². The number of sulfonamides is 1. The number of carbonyl (C=O) groups is 3. The number of amides is 3. The van der Waals surface area contributed by atoms with Crippen LogP contribution in [-0.4, -0.2) is 64.3 Å². The fourth-order valence-electron chi connectivity index (χ4n) is 4.29. The molecule has 1 N–H and O–H groups in total. The van der Waals surface area contributed by atoms with Crippen LogP contribution in [0.5, 0.6) is 0 Å². The van der Waals surface area contributed by atoms with Gasteiger partial charge in [0.25, 0.3) is 0 Å². The summed E-state index contributed by atoms with van der Waals surface area (Å²) in [6.07, 6.45) is 0.496. The molecular weight excluding hydrogens is 526 g/mol. The molecule has 12 heteroatoms. The number of nitrogens with zero attached hydrogens (tertiary/aromatic N) is 4. The predicted molar refractivity (Wildman–Crippen MR) is 140 cm³/mol. The van der Waals surface area contributed by atoms with E-state index in [4.69, 9.17) is 0 Å². The number of fused-ring (bicyclic) bond motifs is 1. The van der Waals surface area contributed by atoms with Crippen LogP contribution in [-0.2, 0) is 30.8 Å². The Labute approximate surface area is 223 Å². The van der Waals surface area contributed by atoms with Crippen molar-refractivity contribution in [1.82, 2.24) is 23.3 Å². The summed E-state index contributed by atoms with van der Waals surface area (Å²) in [5, 5.41) is 0. The smallest absolute Gasteiger partial charge is 0.248 e. The minimum absolute atomic E-state index is 0.115. The predicted octanol–water partition coefficient (Wildman–Crippen LogP) is 2.15. The second-order valence-electron chi connectivity index (χ2n) is 8.72. The molecule has 1 aliphatic heterocycles. The lowest BCUT2D eigenvalue weighted by Gasteiger charge is -2.34. The summed E-state index contributed by atoms with van der Waals surface area (Å²) in [7, 11) is -4.24. The van der Waals surface area contributed by atoms with Crippen molar-refractivity contribution in [1.29, 1.82) is 0 Å². The molecule has 194 valence electrons. The van der Waals surface area contributed by atoms with Crippen LogP contribution in [0.2, 0.25) is 0 Å². The van der Waals surface area contributed by atoms with Crippen LogP contribution in [0.4, 0.5) is 0 Å². The van der Waals surface area contributed by atoms with Crippen LogP contribution in [0, 0.1) is 0 Å². The fraction of sp³-hybridized carbons (Fsp3) is 0.192. The van der Waals surface area contributed by atoms with Crippen molar-refractivity contribution in [3.8, 4) is 0 Å².